The first-order chi connectivity index (χ1) is 13.8. The molecule has 0 N–H and O–H groups in total. The van der Waals surface area contributed by atoms with Gasteiger partial charge in [0.1, 0.15) is 5.67 Å². The molecule has 2 heterocycles. The van der Waals surface area contributed by atoms with Gasteiger partial charge in [-0.05, 0) is 63.9 Å². The number of ether oxygens (including phenoxy) is 2. The lowest BCUT2D eigenvalue weighted by atomic mass is 9.97. The fourth-order valence-corrected chi connectivity index (χ4v) is 3.49. The number of benzene rings is 1. The van der Waals surface area contributed by atoms with Crippen LogP contribution in [0, 0.1) is 5.92 Å². The summed E-state index contributed by atoms with van der Waals surface area (Å²) >= 11 is 0. The molecule has 29 heavy (non-hydrogen) atoms. The van der Waals surface area contributed by atoms with Crippen LogP contribution in [0.3, 0.4) is 0 Å². The van der Waals surface area contributed by atoms with Crippen LogP contribution in [0.2, 0.25) is 0 Å². The predicted molar refractivity (Wildman–Crippen MR) is 109 cm³/mol. The van der Waals surface area contributed by atoms with Crippen molar-refractivity contribution >= 4 is 5.97 Å². The summed E-state index contributed by atoms with van der Waals surface area (Å²) in [4.78, 5) is 13.7. The third kappa shape index (κ3) is 6.22. The van der Waals surface area contributed by atoms with Gasteiger partial charge >= 0.3 is 5.97 Å². The molecular weight excluding hydrogens is 373 g/mol. The van der Waals surface area contributed by atoms with Gasteiger partial charge in [-0.15, -0.1) is 10.2 Å². The van der Waals surface area contributed by atoms with E-state index in [4.69, 9.17) is 9.47 Å². The normalized spacial score (nSPS) is 15.9. The first-order valence-electron chi connectivity index (χ1n) is 9.90. The Kier molecular flexibility index (Phi) is 6.79. The van der Waals surface area contributed by atoms with Crippen molar-refractivity contribution in [2.45, 2.75) is 32.4 Å². The average Bonchev–Trinajstić information content (AvgIpc) is 2.72. The Hall–Kier alpha value is -2.54. The molecular formula is C22H28FN3O3. The van der Waals surface area contributed by atoms with E-state index in [0.717, 1.165) is 31.5 Å². The van der Waals surface area contributed by atoms with E-state index in [-0.39, 0.29) is 5.97 Å². The van der Waals surface area contributed by atoms with Crippen LogP contribution < -0.4 is 4.74 Å². The van der Waals surface area contributed by atoms with E-state index in [1.165, 1.54) is 7.11 Å². The first kappa shape index (κ1) is 21.2. The molecule has 1 aromatic carbocycles. The Labute approximate surface area is 171 Å². The topological polar surface area (TPSA) is 64.6 Å². The number of nitrogens with zero attached hydrogens (tertiary/aromatic N) is 3. The molecule has 0 amide bonds. The Morgan fingerprint density at radius 3 is 2.38 bits per heavy atom. The van der Waals surface area contributed by atoms with Gasteiger partial charge in [-0.2, -0.15) is 0 Å². The van der Waals surface area contributed by atoms with Crippen molar-refractivity contribution in [2.75, 3.05) is 33.4 Å². The van der Waals surface area contributed by atoms with Crippen LogP contribution in [0.15, 0.2) is 36.4 Å². The second-order valence-corrected chi connectivity index (χ2v) is 8.07. The lowest BCUT2D eigenvalue weighted by Gasteiger charge is -2.34. The standard InChI is InChI=1S/C22H28FN3O3/c1-22(2,23)15-26-12-10-16(11-13-26)14-29-20-9-8-19(24-25-20)17-4-6-18(7-5-17)21(27)28-3/h4-9,16H,10-15H2,1-3H3. The SMILES string of the molecule is COC(=O)c1ccc(-c2ccc(OCC3CCN(CC(C)(C)F)CC3)nn2)cc1. The lowest BCUT2D eigenvalue weighted by Crippen LogP contribution is -2.41. The number of methoxy groups -OCH3 is 1. The van der Waals surface area contributed by atoms with E-state index in [2.05, 4.69) is 15.1 Å². The molecule has 1 aliphatic rings. The van der Waals surface area contributed by atoms with Crippen LogP contribution in [0.1, 0.15) is 37.0 Å². The highest BCUT2D eigenvalue weighted by molar-refractivity contribution is 5.89. The number of aromatic nitrogens is 2. The number of rotatable bonds is 7. The second-order valence-electron chi connectivity index (χ2n) is 8.07. The summed E-state index contributed by atoms with van der Waals surface area (Å²) in [6.45, 7) is 6.11. The van der Waals surface area contributed by atoms with E-state index in [9.17, 15) is 9.18 Å². The molecule has 6 nitrogen and oxygen atoms in total. The summed E-state index contributed by atoms with van der Waals surface area (Å²) in [7, 11) is 1.36. The summed E-state index contributed by atoms with van der Waals surface area (Å²) in [6.07, 6.45) is 1.99. The van der Waals surface area contributed by atoms with Crippen molar-refractivity contribution in [3.05, 3.63) is 42.0 Å². The molecule has 156 valence electrons. The number of esters is 1. The van der Waals surface area contributed by atoms with Crippen molar-refractivity contribution in [1.82, 2.24) is 15.1 Å². The largest absolute Gasteiger partial charge is 0.476 e. The number of hydrogen-bond acceptors (Lipinski definition) is 6. The van der Waals surface area contributed by atoms with Crippen molar-refractivity contribution in [3.63, 3.8) is 0 Å². The van der Waals surface area contributed by atoms with Gasteiger partial charge in [-0.1, -0.05) is 12.1 Å². The molecule has 1 fully saturated rings. The number of halogens is 1. The molecule has 0 unspecified atom stereocenters. The molecule has 0 aliphatic carbocycles. The molecule has 0 atom stereocenters. The van der Waals surface area contributed by atoms with Gasteiger partial charge in [0, 0.05) is 18.2 Å². The molecule has 1 aromatic heterocycles. The molecule has 0 saturated carbocycles. The Balaban J connectivity index is 1.48. The molecule has 1 saturated heterocycles. The zero-order valence-corrected chi connectivity index (χ0v) is 17.2. The van der Waals surface area contributed by atoms with Gasteiger partial charge in [-0.25, -0.2) is 9.18 Å². The highest BCUT2D eigenvalue weighted by Gasteiger charge is 2.25. The van der Waals surface area contributed by atoms with Gasteiger partial charge in [0.25, 0.3) is 0 Å². The van der Waals surface area contributed by atoms with Crippen molar-refractivity contribution < 1.29 is 18.7 Å². The van der Waals surface area contributed by atoms with Crippen LogP contribution in [0.4, 0.5) is 4.39 Å². The Morgan fingerprint density at radius 1 is 1.14 bits per heavy atom. The minimum absolute atomic E-state index is 0.370. The third-order valence-electron chi connectivity index (χ3n) is 5.02. The smallest absolute Gasteiger partial charge is 0.337 e. The molecule has 2 aromatic rings. The number of hydrogen-bond donors (Lipinski definition) is 0. The van der Waals surface area contributed by atoms with Gasteiger partial charge < -0.3 is 14.4 Å². The van der Waals surface area contributed by atoms with Gasteiger partial charge in [0.05, 0.1) is 25.0 Å². The van der Waals surface area contributed by atoms with Gasteiger partial charge in [0.2, 0.25) is 5.88 Å². The maximum atomic E-state index is 13.8. The number of piperidine rings is 1. The monoisotopic (exact) mass is 401 g/mol. The summed E-state index contributed by atoms with van der Waals surface area (Å²) < 4.78 is 24.3. The Bertz CT molecular complexity index is 796. The number of carbonyl (C=O) groups is 1. The van der Waals surface area contributed by atoms with Crippen molar-refractivity contribution in [3.8, 4) is 17.1 Å². The Morgan fingerprint density at radius 2 is 1.83 bits per heavy atom. The van der Waals surface area contributed by atoms with Crippen LogP contribution >= 0.6 is 0 Å². The number of alkyl halides is 1. The molecule has 7 heteroatoms. The molecule has 0 bridgehead atoms. The lowest BCUT2D eigenvalue weighted by molar-refractivity contribution is 0.0600. The minimum Gasteiger partial charge on any atom is -0.476 e. The predicted octanol–water partition coefficient (Wildman–Crippen LogP) is 3.77. The zero-order chi connectivity index (χ0) is 20.9. The summed E-state index contributed by atoms with van der Waals surface area (Å²) in [5, 5.41) is 8.37. The molecule has 0 spiro atoms. The van der Waals surface area contributed by atoms with Crippen molar-refractivity contribution in [2.24, 2.45) is 5.92 Å². The zero-order valence-electron chi connectivity index (χ0n) is 17.2. The molecule has 0 radical (unpaired) electrons. The highest BCUT2D eigenvalue weighted by Crippen LogP contribution is 2.22. The second kappa shape index (κ2) is 9.31. The van der Waals surface area contributed by atoms with Gasteiger partial charge in [0.15, 0.2) is 0 Å². The third-order valence-corrected chi connectivity index (χ3v) is 5.02. The molecule has 1 aliphatic heterocycles. The van der Waals surface area contributed by atoms with Gasteiger partial charge in [-0.3, -0.25) is 0 Å². The van der Waals surface area contributed by atoms with Crippen LogP contribution in [-0.4, -0.2) is 60.1 Å². The maximum Gasteiger partial charge on any atom is 0.337 e. The number of carbonyl (C=O) groups excluding carboxylic acids is 1. The number of likely N-dealkylation sites (tertiary alicyclic amines) is 1. The highest BCUT2D eigenvalue weighted by atomic mass is 19.1. The van der Waals surface area contributed by atoms with E-state index in [1.807, 2.05) is 18.2 Å². The maximum absolute atomic E-state index is 13.8. The van der Waals surface area contributed by atoms with Crippen molar-refractivity contribution in [1.29, 1.82) is 0 Å². The molecule has 3 rings (SSSR count). The fourth-order valence-electron chi connectivity index (χ4n) is 3.49. The van der Waals surface area contributed by atoms with E-state index < -0.39 is 5.67 Å². The summed E-state index contributed by atoms with van der Waals surface area (Å²) in [5.41, 5.74) is 0.904. The van der Waals surface area contributed by atoms with Crippen LogP contribution in [0.5, 0.6) is 5.88 Å². The first-order valence-corrected chi connectivity index (χ1v) is 9.90. The van der Waals surface area contributed by atoms with E-state index in [0.29, 0.717) is 36.2 Å². The average molecular weight is 401 g/mol. The summed E-state index contributed by atoms with van der Waals surface area (Å²) in [6, 6.07) is 10.7. The summed E-state index contributed by atoms with van der Waals surface area (Å²) in [5.74, 6) is 0.569. The van der Waals surface area contributed by atoms with Crippen LogP contribution in [0.25, 0.3) is 11.3 Å². The van der Waals surface area contributed by atoms with Crippen LogP contribution in [-0.2, 0) is 4.74 Å². The minimum atomic E-state index is -1.15. The van der Waals surface area contributed by atoms with E-state index >= 15 is 0 Å². The fraction of sp³-hybridized carbons (Fsp3) is 0.500. The van der Waals surface area contributed by atoms with E-state index in [1.54, 1.807) is 32.0 Å². The quantitative estimate of drug-likeness (QED) is 0.658.